The summed E-state index contributed by atoms with van der Waals surface area (Å²) in [5, 5.41) is 38.3. The third-order valence-electron chi connectivity index (χ3n) is 4.42. The molecule has 1 aliphatic rings. The van der Waals surface area contributed by atoms with Gasteiger partial charge in [0.15, 0.2) is 6.23 Å². The van der Waals surface area contributed by atoms with E-state index < -0.39 is 30.6 Å². The number of nitrogens with two attached hydrogens (primary N) is 1. The van der Waals surface area contributed by atoms with Crippen LogP contribution in [0.15, 0.2) is 23.3 Å². The average molecular weight is 348 g/mol. The fourth-order valence-corrected chi connectivity index (χ4v) is 3.13. The number of aliphatic hydroxyl groups excluding tert-OH is 2. The van der Waals surface area contributed by atoms with Crippen molar-refractivity contribution in [1.29, 1.82) is 0 Å². The highest BCUT2D eigenvalue weighted by Gasteiger charge is 2.53. The first-order valence-electron chi connectivity index (χ1n) is 7.49. The molecule has 0 unspecified atom stereocenters. The molecule has 0 saturated carbocycles. The number of nitrogens with zero attached hydrogens (tertiary/aromatic N) is 5. The highest BCUT2D eigenvalue weighted by atomic mass is 16.6. The van der Waals surface area contributed by atoms with Gasteiger partial charge in [0.2, 0.25) is 12.3 Å². The van der Waals surface area contributed by atoms with Gasteiger partial charge in [-0.2, -0.15) is 0 Å². The van der Waals surface area contributed by atoms with E-state index in [1.807, 2.05) is 0 Å². The zero-order valence-electron chi connectivity index (χ0n) is 13.1. The zero-order valence-corrected chi connectivity index (χ0v) is 13.1. The minimum absolute atomic E-state index is 0.189. The van der Waals surface area contributed by atoms with Crippen LogP contribution in [0, 0.1) is 0 Å². The number of hydrogen-bond acceptors (Lipinski definition) is 10. The minimum atomic E-state index is -1.68. The van der Waals surface area contributed by atoms with Crippen molar-refractivity contribution in [3.63, 3.8) is 0 Å². The van der Waals surface area contributed by atoms with Gasteiger partial charge in [-0.3, -0.25) is 0 Å². The molecule has 3 aromatic heterocycles. The molecule has 0 aromatic carbocycles. The topological polar surface area (TPSA) is 166 Å². The molecule has 5 N–H and O–H groups in total. The summed E-state index contributed by atoms with van der Waals surface area (Å²) in [6.07, 6.45) is 0.777. The molecule has 25 heavy (non-hydrogen) atoms. The summed E-state index contributed by atoms with van der Waals surface area (Å²) in [7, 11) is 0. The van der Waals surface area contributed by atoms with Crippen molar-refractivity contribution in [3.8, 4) is 11.5 Å². The van der Waals surface area contributed by atoms with Crippen molar-refractivity contribution < 1.29 is 24.5 Å². The smallest absolute Gasteiger partial charge is 0.249 e. The van der Waals surface area contributed by atoms with E-state index in [0.29, 0.717) is 16.6 Å². The molecule has 0 amide bonds. The van der Waals surface area contributed by atoms with Gasteiger partial charge >= 0.3 is 0 Å². The standard InChI is InChI=1S/C14H16N6O5/c1-14(23)9(22)7(3-21)25-13(14)20-2-6(12-19-18-5-24-12)8-10(15)16-4-17-11(8)20/h2,4-5,7,9,13,21-23H,3H2,1H3,(H2,15,16,17)/t7-,9-,13-,14-/m1/s1. The van der Waals surface area contributed by atoms with Crippen LogP contribution < -0.4 is 5.73 Å². The summed E-state index contributed by atoms with van der Waals surface area (Å²) in [6.45, 7) is 0.974. The van der Waals surface area contributed by atoms with Crippen molar-refractivity contribution in [2.45, 2.75) is 31.0 Å². The zero-order chi connectivity index (χ0) is 17.8. The number of ether oxygens (including phenoxy) is 1. The van der Waals surface area contributed by atoms with E-state index in [1.54, 1.807) is 6.20 Å². The molecule has 4 atom stereocenters. The second-order valence-corrected chi connectivity index (χ2v) is 6.03. The first-order chi connectivity index (χ1) is 11.9. The monoisotopic (exact) mass is 348 g/mol. The van der Waals surface area contributed by atoms with Crippen LogP contribution in [0.25, 0.3) is 22.5 Å². The maximum Gasteiger partial charge on any atom is 0.249 e. The number of fused-ring (bicyclic) bond motifs is 1. The molecule has 0 bridgehead atoms. The Morgan fingerprint density at radius 1 is 1.40 bits per heavy atom. The number of hydrogen-bond donors (Lipinski definition) is 4. The second-order valence-electron chi connectivity index (χ2n) is 6.03. The largest absolute Gasteiger partial charge is 0.423 e. The predicted octanol–water partition coefficient (Wildman–Crippen LogP) is -0.935. The van der Waals surface area contributed by atoms with Gasteiger partial charge in [0.05, 0.1) is 17.6 Å². The van der Waals surface area contributed by atoms with Crippen LogP contribution >= 0.6 is 0 Å². The van der Waals surface area contributed by atoms with Crippen LogP contribution in [-0.2, 0) is 4.74 Å². The predicted molar refractivity (Wildman–Crippen MR) is 82.9 cm³/mol. The van der Waals surface area contributed by atoms with Crippen molar-refractivity contribution >= 4 is 16.9 Å². The lowest BCUT2D eigenvalue weighted by Gasteiger charge is -2.27. The molecular weight excluding hydrogens is 332 g/mol. The molecule has 3 aromatic rings. The second kappa shape index (κ2) is 5.46. The van der Waals surface area contributed by atoms with Gasteiger partial charge in [-0.1, -0.05) is 0 Å². The Hall–Kier alpha value is -2.60. The van der Waals surface area contributed by atoms with Gasteiger partial charge in [-0.25, -0.2) is 9.97 Å². The lowest BCUT2D eigenvalue weighted by atomic mass is 9.96. The summed E-state index contributed by atoms with van der Waals surface area (Å²) in [4.78, 5) is 8.18. The Balaban J connectivity index is 1.93. The summed E-state index contributed by atoms with van der Waals surface area (Å²) < 4.78 is 12.4. The fourth-order valence-electron chi connectivity index (χ4n) is 3.13. The number of aromatic nitrogens is 5. The highest BCUT2D eigenvalue weighted by Crippen LogP contribution is 2.42. The lowest BCUT2D eigenvalue weighted by Crippen LogP contribution is -2.44. The Bertz CT molecular complexity index is 908. The Labute approximate surface area is 140 Å². The number of rotatable bonds is 3. The molecule has 11 heteroatoms. The highest BCUT2D eigenvalue weighted by molar-refractivity contribution is 5.98. The molecule has 0 aliphatic carbocycles. The van der Waals surface area contributed by atoms with Gasteiger partial charge in [0, 0.05) is 6.20 Å². The van der Waals surface area contributed by atoms with Gasteiger partial charge in [-0.05, 0) is 6.92 Å². The van der Waals surface area contributed by atoms with Crippen molar-refractivity contribution in [2.24, 2.45) is 0 Å². The molecular formula is C14H16N6O5. The fraction of sp³-hybridized carbons (Fsp3) is 0.429. The first kappa shape index (κ1) is 15.9. The van der Waals surface area contributed by atoms with Crippen molar-refractivity contribution in [2.75, 3.05) is 12.3 Å². The number of nitrogen functional groups attached to an aromatic ring is 1. The van der Waals surface area contributed by atoms with Crippen LogP contribution in [0.1, 0.15) is 13.2 Å². The van der Waals surface area contributed by atoms with Gasteiger partial charge in [-0.15, -0.1) is 10.2 Å². The SMILES string of the molecule is C[C@@]1(O)[C@H](O)[C@@H](CO)O[C@H]1n1cc(-c2nnco2)c2c(N)ncnc21. The summed E-state index contributed by atoms with van der Waals surface area (Å²) >= 11 is 0. The third-order valence-corrected chi connectivity index (χ3v) is 4.42. The molecule has 11 nitrogen and oxygen atoms in total. The molecule has 132 valence electrons. The normalized spacial score (nSPS) is 29.5. The molecule has 1 saturated heterocycles. The molecule has 0 spiro atoms. The van der Waals surface area contributed by atoms with Crippen LogP contribution in [0.2, 0.25) is 0 Å². The van der Waals surface area contributed by atoms with E-state index in [4.69, 9.17) is 14.9 Å². The van der Waals surface area contributed by atoms with Crippen LogP contribution in [-0.4, -0.2) is 64.5 Å². The molecule has 0 radical (unpaired) electrons. The van der Waals surface area contributed by atoms with Crippen LogP contribution in [0.4, 0.5) is 5.82 Å². The summed E-state index contributed by atoms with van der Waals surface area (Å²) in [5.74, 6) is 0.385. The quantitative estimate of drug-likeness (QED) is 0.464. The van der Waals surface area contributed by atoms with Crippen molar-refractivity contribution in [1.82, 2.24) is 24.7 Å². The molecule has 1 aliphatic heterocycles. The van der Waals surface area contributed by atoms with E-state index in [-0.39, 0.29) is 11.7 Å². The Kier molecular flexibility index (Phi) is 3.47. The van der Waals surface area contributed by atoms with Gasteiger partial charge in [0.25, 0.3) is 0 Å². The minimum Gasteiger partial charge on any atom is -0.423 e. The lowest BCUT2D eigenvalue weighted by molar-refractivity contribution is -0.0948. The number of anilines is 1. The van der Waals surface area contributed by atoms with E-state index in [1.165, 1.54) is 24.2 Å². The van der Waals surface area contributed by atoms with E-state index in [0.717, 1.165) is 0 Å². The van der Waals surface area contributed by atoms with E-state index in [9.17, 15) is 15.3 Å². The third kappa shape index (κ3) is 2.21. The van der Waals surface area contributed by atoms with E-state index in [2.05, 4.69) is 20.2 Å². The Morgan fingerprint density at radius 3 is 2.84 bits per heavy atom. The Morgan fingerprint density at radius 2 is 2.20 bits per heavy atom. The summed E-state index contributed by atoms with van der Waals surface area (Å²) in [5.41, 5.74) is 5.12. The van der Waals surface area contributed by atoms with Crippen molar-refractivity contribution in [3.05, 3.63) is 18.9 Å². The first-order valence-corrected chi connectivity index (χ1v) is 7.49. The van der Waals surface area contributed by atoms with Gasteiger partial charge < -0.3 is 34.8 Å². The number of aliphatic hydroxyl groups is 3. The summed E-state index contributed by atoms with van der Waals surface area (Å²) in [6, 6.07) is 0. The van der Waals surface area contributed by atoms with Gasteiger partial charge in [0.1, 0.15) is 35.6 Å². The van der Waals surface area contributed by atoms with E-state index >= 15 is 0 Å². The van der Waals surface area contributed by atoms with Crippen LogP contribution in [0.5, 0.6) is 0 Å². The average Bonchev–Trinajstić information content (AvgIpc) is 3.27. The van der Waals surface area contributed by atoms with Crippen LogP contribution in [0.3, 0.4) is 0 Å². The maximum absolute atomic E-state index is 10.7. The molecule has 4 heterocycles. The maximum atomic E-state index is 10.7. The molecule has 1 fully saturated rings. The molecule has 4 rings (SSSR count).